The number of aryl methyl sites for hydroxylation is 1. The Labute approximate surface area is 151 Å². The van der Waals surface area contributed by atoms with Crippen molar-refractivity contribution in [2.75, 3.05) is 7.11 Å². The molecule has 0 radical (unpaired) electrons. The number of carbonyl (C=O) groups is 1. The van der Waals surface area contributed by atoms with Crippen molar-refractivity contribution in [1.82, 2.24) is 0 Å². The van der Waals surface area contributed by atoms with E-state index in [1.165, 1.54) is 7.11 Å². The number of aliphatic imine (C=N–C) groups is 1. The summed E-state index contributed by atoms with van der Waals surface area (Å²) in [6, 6.07) is 13.1. The Balaban J connectivity index is 2.14. The van der Waals surface area contributed by atoms with Gasteiger partial charge in [0.1, 0.15) is 17.4 Å². The van der Waals surface area contributed by atoms with Gasteiger partial charge < -0.3 is 16.2 Å². The molecule has 0 saturated heterocycles. The Morgan fingerprint density at radius 3 is 2.73 bits per heavy atom. The van der Waals surface area contributed by atoms with E-state index in [1.807, 2.05) is 18.2 Å². The second kappa shape index (κ2) is 7.11. The van der Waals surface area contributed by atoms with Gasteiger partial charge in [0.05, 0.1) is 7.11 Å². The zero-order valence-corrected chi connectivity index (χ0v) is 14.3. The van der Waals surface area contributed by atoms with Crippen LogP contribution >= 0.6 is 0 Å². The molecule has 0 saturated carbocycles. The van der Waals surface area contributed by atoms with Crippen molar-refractivity contribution in [2.24, 2.45) is 16.5 Å². The fourth-order valence-electron chi connectivity index (χ4n) is 3.14. The first-order chi connectivity index (χ1) is 12.5. The van der Waals surface area contributed by atoms with Crippen LogP contribution in [-0.2, 0) is 6.42 Å². The van der Waals surface area contributed by atoms with Crippen LogP contribution in [0.3, 0.4) is 0 Å². The summed E-state index contributed by atoms with van der Waals surface area (Å²) >= 11 is 0. The highest BCUT2D eigenvalue weighted by atomic mass is 16.5. The minimum atomic E-state index is -0.496. The summed E-state index contributed by atoms with van der Waals surface area (Å²) in [4.78, 5) is 15.8. The fraction of sp³-hybridized carbons (Fsp3) is 0.150. The summed E-state index contributed by atoms with van der Waals surface area (Å²) in [5.41, 5.74) is 15.2. The number of benzene rings is 2. The van der Waals surface area contributed by atoms with Crippen LogP contribution in [0.15, 0.2) is 47.5 Å². The number of nitrogens with two attached hydrogens (primary N) is 2. The normalized spacial score (nSPS) is 12.4. The van der Waals surface area contributed by atoms with Crippen molar-refractivity contribution in [1.29, 1.82) is 5.26 Å². The van der Waals surface area contributed by atoms with Crippen molar-refractivity contribution >= 4 is 17.4 Å². The molecule has 0 spiro atoms. The zero-order chi connectivity index (χ0) is 18.7. The molecule has 130 valence electrons. The van der Waals surface area contributed by atoms with E-state index in [9.17, 15) is 10.1 Å². The zero-order valence-electron chi connectivity index (χ0n) is 14.3. The average molecular weight is 346 g/mol. The van der Waals surface area contributed by atoms with Gasteiger partial charge >= 0.3 is 0 Å². The molecule has 4 N–H and O–H groups in total. The lowest BCUT2D eigenvalue weighted by atomic mass is 9.84. The lowest BCUT2D eigenvalue weighted by molar-refractivity contribution is 0.100. The SMILES string of the molecule is COc1cccc(C2=CCCc3ccc(C(=O)N=C(N)N)cc32)c1C#N. The van der Waals surface area contributed by atoms with Gasteiger partial charge in [-0.2, -0.15) is 10.3 Å². The average Bonchev–Trinajstić information content (AvgIpc) is 2.65. The topological polar surface area (TPSA) is 114 Å². The number of carbonyl (C=O) groups excluding carboxylic acids is 1. The summed E-state index contributed by atoms with van der Waals surface area (Å²) < 4.78 is 5.31. The Morgan fingerprint density at radius 2 is 2.04 bits per heavy atom. The number of ether oxygens (including phenoxy) is 1. The predicted octanol–water partition coefficient (Wildman–Crippen LogP) is 2.36. The van der Waals surface area contributed by atoms with Gasteiger partial charge in [0.2, 0.25) is 0 Å². The van der Waals surface area contributed by atoms with Crippen LogP contribution in [0.1, 0.15) is 39.0 Å². The van der Waals surface area contributed by atoms with Gasteiger partial charge in [-0.15, -0.1) is 0 Å². The number of hydrogen-bond donors (Lipinski definition) is 2. The number of methoxy groups -OCH3 is 1. The molecule has 26 heavy (non-hydrogen) atoms. The second-order valence-electron chi connectivity index (χ2n) is 5.86. The minimum Gasteiger partial charge on any atom is -0.495 e. The van der Waals surface area contributed by atoms with E-state index in [2.05, 4.69) is 17.1 Å². The van der Waals surface area contributed by atoms with Gasteiger partial charge in [-0.25, -0.2) is 0 Å². The van der Waals surface area contributed by atoms with Gasteiger partial charge in [0, 0.05) is 11.1 Å². The number of allylic oxidation sites excluding steroid dienone is 1. The molecule has 0 aliphatic heterocycles. The Morgan fingerprint density at radius 1 is 1.23 bits per heavy atom. The summed E-state index contributed by atoms with van der Waals surface area (Å²) in [6.45, 7) is 0. The number of nitriles is 1. The summed E-state index contributed by atoms with van der Waals surface area (Å²) in [5, 5.41) is 9.59. The molecule has 0 fully saturated rings. The van der Waals surface area contributed by atoms with Crippen LogP contribution in [0.2, 0.25) is 0 Å². The summed E-state index contributed by atoms with van der Waals surface area (Å²) in [5.74, 6) is -0.252. The van der Waals surface area contributed by atoms with Crippen LogP contribution in [0.5, 0.6) is 5.75 Å². The molecule has 0 aromatic heterocycles. The molecule has 0 heterocycles. The standard InChI is InChI=1S/C20H18N4O2/c1-26-18-7-3-6-15(17(18)11-21)14-5-2-4-12-8-9-13(10-16(12)14)19(25)24-20(22)23/h3,5-10H,2,4H2,1H3,(H4,22,23,24,25). The molecular formula is C20H18N4O2. The first kappa shape index (κ1) is 17.2. The van der Waals surface area contributed by atoms with Crippen LogP contribution in [0.25, 0.3) is 5.57 Å². The third-order valence-corrected chi connectivity index (χ3v) is 4.29. The molecule has 1 aliphatic carbocycles. The molecule has 3 rings (SSSR count). The largest absolute Gasteiger partial charge is 0.495 e. The number of rotatable bonds is 3. The third-order valence-electron chi connectivity index (χ3n) is 4.29. The van der Waals surface area contributed by atoms with E-state index < -0.39 is 5.91 Å². The Kier molecular flexibility index (Phi) is 4.72. The number of fused-ring (bicyclic) bond motifs is 1. The van der Waals surface area contributed by atoms with E-state index in [0.29, 0.717) is 16.9 Å². The quantitative estimate of drug-likeness (QED) is 0.654. The summed E-state index contributed by atoms with van der Waals surface area (Å²) in [7, 11) is 1.54. The highest BCUT2D eigenvalue weighted by molar-refractivity contribution is 6.03. The van der Waals surface area contributed by atoms with Crippen LogP contribution in [0.4, 0.5) is 0 Å². The van der Waals surface area contributed by atoms with Crippen molar-refractivity contribution < 1.29 is 9.53 Å². The fourth-order valence-corrected chi connectivity index (χ4v) is 3.14. The van der Waals surface area contributed by atoms with E-state index in [4.69, 9.17) is 16.2 Å². The lowest BCUT2D eigenvalue weighted by Gasteiger charge is -2.20. The van der Waals surface area contributed by atoms with E-state index in [0.717, 1.165) is 35.1 Å². The maximum Gasteiger partial charge on any atom is 0.280 e. The molecule has 0 unspecified atom stereocenters. The smallest absolute Gasteiger partial charge is 0.280 e. The predicted molar refractivity (Wildman–Crippen MR) is 99.7 cm³/mol. The Hall–Kier alpha value is -3.59. The van der Waals surface area contributed by atoms with Gasteiger partial charge in [0.25, 0.3) is 5.91 Å². The molecule has 6 heteroatoms. The Bertz CT molecular complexity index is 980. The van der Waals surface area contributed by atoms with Gasteiger partial charge in [-0.05, 0) is 47.7 Å². The number of nitrogens with zero attached hydrogens (tertiary/aromatic N) is 2. The molecular weight excluding hydrogens is 328 g/mol. The number of hydrogen-bond acceptors (Lipinski definition) is 3. The molecule has 0 bridgehead atoms. The maximum absolute atomic E-state index is 12.2. The molecule has 6 nitrogen and oxygen atoms in total. The maximum atomic E-state index is 12.2. The van der Waals surface area contributed by atoms with Crippen molar-refractivity contribution in [2.45, 2.75) is 12.8 Å². The first-order valence-corrected chi connectivity index (χ1v) is 8.10. The number of guanidine groups is 1. The third kappa shape index (κ3) is 3.15. The van der Waals surface area contributed by atoms with Crippen molar-refractivity contribution in [3.05, 3.63) is 70.3 Å². The van der Waals surface area contributed by atoms with Gasteiger partial charge in [-0.1, -0.05) is 24.3 Å². The molecule has 0 atom stereocenters. The number of amides is 1. The highest BCUT2D eigenvalue weighted by Crippen LogP contribution is 2.36. The van der Waals surface area contributed by atoms with Gasteiger partial charge in [-0.3, -0.25) is 4.79 Å². The minimum absolute atomic E-state index is 0.275. The summed E-state index contributed by atoms with van der Waals surface area (Å²) in [6.07, 6.45) is 3.79. The van der Waals surface area contributed by atoms with Crippen LogP contribution < -0.4 is 16.2 Å². The molecule has 2 aromatic rings. The lowest BCUT2D eigenvalue weighted by Crippen LogP contribution is -2.24. The molecule has 2 aromatic carbocycles. The monoisotopic (exact) mass is 346 g/mol. The first-order valence-electron chi connectivity index (χ1n) is 8.10. The van der Waals surface area contributed by atoms with Crippen molar-refractivity contribution in [3.63, 3.8) is 0 Å². The van der Waals surface area contributed by atoms with E-state index in [-0.39, 0.29) is 5.96 Å². The molecule has 1 aliphatic rings. The second-order valence-corrected chi connectivity index (χ2v) is 5.86. The van der Waals surface area contributed by atoms with Gasteiger partial charge in [0.15, 0.2) is 5.96 Å². The van der Waals surface area contributed by atoms with Crippen LogP contribution in [0, 0.1) is 11.3 Å². The molecule has 1 amide bonds. The van der Waals surface area contributed by atoms with Crippen molar-refractivity contribution in [3.8, 4) is 11.8 Å². The van der Waals surface area contributed by atoms with E-state index in [1.54, 1.807) is 18.2 Å². The van der Waals surface area contributed by atoms with Crippen LogP contribution in [-0.4, -0.2) is 19.0 Å². The highest BCUT2D eigenvalue weighted by Gasteiger charge is 2.20. The van der Waals surface area contributed by atoms with E-state index >= 15 is 0 Å².